The zero-order valence-electron chi connectivity index (χ0n) is 13.5. The van der Waals surface area contributed by atoms with Gasteiger partial charge in [0.25, 0.3) is 5.91 Å². The van der Waals surface area contributed by atoms with Crippen molar-refractivity contribution in [2.45, 2.75) is 37.5 Å². The SMILES string of the molecule is CCCCCCNC(=O)COC(=O)c1ccc(S(C)(=O)=O)cc1. The third-order valence-corrected chi connectivity index (χ3v) is 4.33. The number of carbonyl (C=O) groups is 2. The third-order valence-electron chi connectivity index (χ3n) is 3.21. The number of hydrogen-bond donors (Lipinski definition) is 1. The van der Waals surface area contributed by atoms with Crippen LogP contribution in [0.4, 0.5) is 0 Å². The van der Waals surface area contributed by atoms with Gasteiger partial charge in [0.15, 0.2) is 16.4 Å². The number of esters is 1. The first kappa shape index (κ1) is 19.2. The molecule has 0 unspecified atom stereocenters. The lowest BCUT2D eigenvalue weighted by molar-refractivity contribution is -0.124. The molecule has 0 heterocycles. The predicted molar refractivity (Wildman–Crippen MR) is 87.0 cm³/mol. The van der Waals surface area contributed by atoms with Gasteiger partial charge in [-0.15, -0.1) is 0 Å². The van der Waals surface area contributed by atoms with Gasteiger partial charge < -0.3 is 10.1 Å². The summed E-state index contributed by atoms with van der Waals surface area (Å²) in [4.78, 5) is 23.4. The standard InChI is InChI=1S/C16H23NO5S/c1-3-4-5-6-11-17-15(18)12-22-16(19)13-7-9-14(10-8-13)23(2,20)21/h7-10H,3-6,11-12H2,1-2H3,(H,17,18). The fourth-order valence-electron chi connectivity index (χ4n) is 1.88. The van der Waals surface area contributed by atoms with E-state index >= 15 is 0 Å². The number of unbranched alkanes of at least 4 members (excludes halogenated alkanes) is 3. The molecule has 7 heteroatoms. The monoisotopic (exact) mass is 341 g/mol. The van der Waals surface area contributed by atoms with Crippen molar-refractivity contribution in [2.75, 3.05) is 19.4 Å². The molecule has 0 radical (unpaired) electrons. The fraction of sp³-hybridized carbons (Fsp3) is 0.500. The van der Waals surface area contributed by atoms with Crippen molar-refractivity contribution < 1.29 is 22.7 Å². The first-order valence-corrected chi connectivity index (χ1v) is 9.47. The number of nitrogens with one attached hydrogen (secondary N) is 1. The number of benzene rings is 1. The normalized spacial score (nSPS) is 11.0. The highest BCUT2D eigenvalue weighted by Crippen LogP contribution is 2.11. The van der Waals surface area contributed by atoms with Gasteiger partial charge in [-0.1, -0.05) is 26.2 Å². The summed E-state index contributed by atoms with van der Waals surface area (Å²) < 4.78 is 27.5. The highest BCUT2D eigenvalue weighted by molar-refractivity contribution is 7.90. The summed E-state index contributed by atoms with van der Waals surface area (Å²) in [5.74, 6) is -1.01. The van der Waals surface area contributed by atoms with Gasteiger partial charge in [-0.2, -0.15) is 0 Å². The lowest BCUT2D eigenvalue weighted by Crippen LogP contribution is -2.29. The van der Waals surface area contributed by atoms with E-state index in [1.165, 1.54) is 24.3 Å². The second-order valence-electron chi connectivity index (χ2n) is 5.28. The summed E-state index contributed by atoms with van der Waals surface area (Å²) in [7, 11) is -3.30. The average Bonchev–Trinajstić information content (AvgIpc) is 2.51. The second kappa shape index (κ2) is 9.29. The van der Waals surface area contributed by atoms with Gasteiger partial charge in [0, 0.05) is 12.8 Å². The van der Waals surface area contributed by atoms with Gasteiger partial charge >= 0.3 is 5.97 Å². The molecule has 1 aromatic rings. The largest absolute Gasteiger partial charge is 0.452 e. The van der Waals surface area contributed by atoms with E-state index in [2.05, 4.69) is 12.2 Å². The van der Waals surface area contributed by atoms with E-state index in [9.17, 15) is 18.0 Å². The van der Waals surface area contributed by atoms with Crippen LogP contribution >= 0.6 is 0 Å². The Balaban J connectivity index is 2.37. The topological polar surface area (TPSA) is 89.5 Å². The van der Waals surface area contributed by atoms with Crippen LogP contribution in [0.1, 0.15) is 43.0 Å². The van der Waals surface area contributed by atoms with Crippen LogP contribution in [-0.2, 0) is 19.4 Å². The first-order valence-electron chi connectivity index (χ1n) is 7.58. The maximum atomic E-state index is 11.8. The van der Waals surface area contributed by atoms with Crippen molar-refractivity contribution in [3.63, 3.8) is 0 Å². The Morgan fingerprint density at radius 1 is 1.09 bits per heavy atom. The molecule has 0 saturated carbocycles. The molecule has 1 rings (SSSR count). The van der Waals surface area contributed by atoms with E-state index < -0.39 is 15.8 Å². The molecule has 0 aliphatic heterocycles. The molecule has 128 valence electrons. The summed E-state index contributed by atoms with van der Waals surface area (Å²) in [5.41, 5.74) is 0.202. The molecule has 0 aliphatic carbocycles. The summed E-state index contributed by atoms with van der Waals surface area (Å²) in [6.07, 6.45) is 5.31. The van der Waals surface area contributed by atoms with E-state index in [0.717, 1.165) is 31.9 Å². The Labute approximate surface area is 137 Å². The summed E-state index contributed by atoms with van der Waals surface area (Å²) in [5, 5.41) is 2.68. The molecule has 0 fully saturated rings. The highest BCUT2D eigenvalue weighted by atomic mass is 32.2. The van der Waals surface area contributed by atoms with Gasteiger partial charge in [-0.25, -0.2) is 13.2 Å². The van der Waals surface area contributed by atoms with E-state index in [1.54, 1.807) is 0 Å². The van der Waals surface area contributed by atoms with Gasteiger partial charge in [-0.05, 0) is 30.7 Å². The molecule has 0 aromatic heterocycles. The van der Waals surface area contributed by atoms with Gasteiger partial charge in [0.1, 0.15) is 0 Å². The Morgan fingerprint density at radius 2 is 1.74 bits per heavy atom. The van der Waals surface area contributed by atoms with Crippen molar-refractivity contribution in [1.29, 1.82) is 0 Å². The Bertz CT molecular complexity index is 622. The van der Waals surface area contributed by atoms with Crippen LogP contribution in [0.25, 0.3) is 0 Å². The molecule has 1 aromatic carbocycles. The van der Waals surface area contributed by atoms with Crippen LogP contribution < -0.4 is 5.32 Å². The van der Waals surface area contributed by atoms with Crippen LogP contribution in [0.3, 0.4) is 0 Å². The first-order chi connectivity index (χ1) is 10.8. The van der Waals surface area contributed by atoms with Crippen LogP contribution in [0.5, 0.6) is 0 Å². The molecular formula is C16H23NO5S. The Hall–Kier alpha value is -1.89. The zero-order valence-corrected chi connectivity index (χ0v) is 14.3. The Kier molecular flexibility index (Phi) is 7.74. The van der Waals surface area contributed by atoms with Crippen LogP contribution in [0.2, 0.25) is 0 Å². The van der Waals surface area contributed by atoms with Crippen molar-refractivity contribution in [3.05, 3.63) is 29.8 Å². The van der Waals surface area contributed by atoms with E-state index in [4.69, 9.17) is 4.74 Å². The number of amides is 1. The number of sulfone groups is 1. The predicted octanol–water partition coefficient (Wildman–Crippen LogP) is 1.94. The molecule has 0 atom stereocenters. The average molecular weight is 341 g/mol. The minimum atomic E-state index is -3.30. The van der Waals surface area contributed by atoms with Crippen LogP contribution in [-0.4, -0.2) is 39.7 Å². The smallest absolute Gasteiger partial charge is 0.338 e. The minimum absolute atomic E-state index is 0.124. The number of carbonyl (C=O) groups excluding carboxylic acids is 2. The summed E-state index contributed by atoms with van der Waals surface area (Å²) in [6, 6.07) is 5.39. The molecule has 0 saturated heterocycles. The van der Waals surface area contributed by atoms with Crippen LogP contribution in [0, 0.1) is 0 Å². The summed E-state index contributed by atoms with van der Waals surface area (Å²) in [6.45, 7) is 2.33. The maximum Gasteiger partial charge on any atom is 0.338 e. The highest BCUT2D eigenvalue weighted by Gasteiger charge is 2.12. The maximum absolute atomic E-state index is 11.8. The zero-order chi connectivity index (χ0) is 17.3. The fourth-order valence-corrected chi connectivity index (χ4v) is 2.51. The molecule has 0 bridgehead atoms. The van der Waals surface area contributed by atoms with Crippen LogP contribution in [0.15, 0.2) is 29.2 Å². The van der Waals surface area contributed by atoms with Crippen molar-refractivity contribution >= 4 is 21.7 Å². The molecular weight excluding hydrogens is 318 g/mol. The van der Waals surface area contributed by atoms with Gasteiger partial charge in [-0.3, -0.25) is 4.79 Å². The molecule has 0 spiro atoms. The molecule has 1 amide bonds. The number of rotatable bonds is 9. The van der Waals surface area contributed by atoms with Crippen molar-refractivity contribution in [3.8, 4) is 0 Å². The number of hydrogen-bond acceptors (Lipinski definition) is 5. The molecule has 1 N–H and O–H groups in total. The quantitative estimate of drug-likeness (QED) is 0.548. The van der Waals surface area contributed by atoms with E-state index in [0.29, 0.717) is 6.54 Å². The lowest BCUT2D eigenvalue weighted by Gasteiger charge is -2.07. The lowest BCUT2D eigenvalue weighted by atomic mass is 10.2. The van der Waals surface area contributed by atoms with E-state index in [1.807, 2.05) is 0 Å². The van der Waals surface area contributed by atoms with Crippen molar-refractivity contribution in [1.82, 2.24) is 5.32 Å². The van der Waals surface area contributed by atoms with Gasteiger partial charge in [0.2, 0.25) is 0 Å². The van der Waals surface area contributed by atoms with Gasteiger partial charge in [0.05, 0.1) is 10.5 Å². The minimum Gasteiger partial charge on any atom is -0.452 e. The second-order valence-corrected chi connectivity index (χ2v) is 7.30. The third kappa shape index (κ3) is 7.27. The molecule has 0 aliphatic rings. The Morgan fingerprint density at radius 3 is 2.30 bits per heavy atom. The number of ether oxygens (including phenoxy) is 1. The molecule has 23 heavy (non-hydrogen) atoms. The molecule has 6 nitrogen and oxygen atoms in total. The van der Waals surface area contributed by atoms with Crippen molar-refractivity contribution in [2.24, 2.45) is 0 Å². The van der Waals surface area contributed by atoms with E-state index in [-0.39, 0.29) is 23.0 Å². The summed E-state index contributed by atoms with van der Waals surface area (Å²) >= 11 is 0.